The van der Waals surface area contributed by atoms with Gasteiger partial charge in [-0.15, -0.1) is 0 Å². The third-order valence-electron chi connectivity index (χ3n) is 2.69. The first-order valence-corrected chi connectivity index (χ1v) is 4.59. The Bertz CT molecular complexity index is 222. The summed E-state index contributed by atoms with van der Waals surface area (Å²) in [5.74, 6) is 0. The molecule has 1 saturated carbocycles. The topological polar surface area (TPSA) is 43.8 Å². The van der Waals surface area contributed by atoms with Gasteiger partial charge in [0.05, 0.1) is 6.33 Å². The van der Waals surface area contributed by atoms with Crippen molar-refractivity contribution in [3.05, 3.63) is 18.7 Å². The monoisotopic (exact) mass is 165 g/mol. The molecule has 0 radical (unpaired) electrons. The Hall–Kier alpha value is -0.830. The summed E-state index contributed by atoms with van der Waals surface area (Å²) in [6.07, 6.45) is 10.5. The molecule has 0 atom stereocenters. The van der Waals surface area contributed by atoms with E-state index in [-0.39, 0.29) is 0 Å². The van der Waals surface area contributed by atoms with Gasteiger partial charge in [-0.2, -0.15) is 0 Å². The van der Waals surface area contributed by atoms with Crippen LogP contribution in [0.1, 0.15) is 31.7 Å². The van der Waals surface area contributed by atoms with E-state index in [2.05, 4.69) is 9.55 Å². The maximum atomic E-state index is 5.83. The molecule has 12 heavy (non-hydrogen) atoms. The zero-order valence-electron chi connectivity index (χ0n) is 7.19. The second kappa shape index (κ2) is 3.27. The lowest BCUT2D eigenvalue weighted by molar-refractivity contribution is 0.323. The van der Waals surface area contributed by atoms with E-state index in [1.165, 1.54) is 12.8 Å². The van der Waals surface area contributed by atoms with E-state index in [1.807, 2.05) is 18.7 Å². The standard InChI is InChI=1S/C9H15N3/c10-8-1-3-9(4-2-8)12-6-5-11-7-12/h5-9H,1-4,10H2. The Balaban J connectivity index is 1.99. The summed E-state index contributed by atoms with van der Waals surface area (Å²) in [5.41, 5.74) is 5.83. The highest BCUT2D eigenvalue weighted by Gasteiger charge is 2.18. The van der Waals surface area contributed by atoms with E-state index in [0.717, 1.165) is 12.8 Å². The predicted molar refractivity (Wildman–Crippen MR) is 47.7 cm³/mol. The Kier molecular flexibility index (Phi) is 2.13. The molecule has 2 N–H and O–H groups in total. The number of rotatable bonds is 1. The van der Waals surface area contributed by atoms with Gasteiger partial charge in [0.1, 0.15) is 0 Å². The summed E-state index contributed by atoms with van der Waals surface area (Å²) >= 11 is 0. The molecule has 1 fully saturated rings. The largest absolute Gasteiger partial charge is 0.334 e. The van der Waals surface area contributed by atoms with Crippen molar-refractivity contribution in [1.82, 2.24) is 9.55 Å². The Morgan fingerprint density at radius 3 is 2.58 bits per heavy atom. The fraction of sp³-hybridized carbons (Fsp3) is 0.667. The summed E-state index contributed by atoms with van der Waals surface area (Å²) in [6.45, 7) is 0. The molecule has 0 saturated heterocycles. The van der Waals surface area contributed by atoms with Crippen molar-refractivity contribution in [2.75, 3.05) is 0 Å². The van der Waals surface area contributed by atoms with E-state index in [1.54, 1.807) is 0 Å². The van der Waals surface area contributed by atoms with E-state index in [9.17, 15) is 0 Å². The molecule has 0 aromatic carbocycles. The van der Waals surface area contributed by atoms with Gasteiger partial charge in [0.2, 0.25) is 0 Å². The van der Waals surface area contributed by atoms with Gasteiger partial charge in [0.15, 0.2) is 0 Å². The minimum atomic E-state index is 0.435. The van der Waals surface area contributed by atoms with Crippen LogP contribution in [0.2, 0.25) is 0 Å². The van der Waals surface area contributed by atoms with Crippen LogP contribution in [0, 0.1) is 0 Å². The summed E-state index contributed by atoms with van der Waals surface area (Å²) in [6, 6.07) is 1.08. The molecule has 0 unspecified atom stereocenters. The van der Waals surface area contributed by atoms with Crippen LogP contribution in [0.3, 0.4) is 0 Å². The number of aromatic nitrogens is 2. The zero-order valence-corrected chi connectivity index (χ0v) is 7.19. The molecule has 0 aliphatic heterocycles. The van der Waals surface area contributed by atoms with Crippen LogP contribution in [0.15, 0.2) is 18.7 Å². The summed E-state index contributed by atoms with van der Waals surface area (Å²) in [5, 5.41) is 0. The number of imidazole rings is 1. The third-order valence-corrected chi connectivity index (χ3v) is 2.69. The Morgan fingerprint density at radius 1 is 1.25 bits per heavy atom. The Labute approximate surface area is 72.6 Å². The summed E-state index contributed by atoms with van der Waals surface area (Å²) in [4.78, 5) is 4.05. The van der Waals surface area contributed by atoms with Crippen LogP contribution in [0.4, 0.5) is 0 Å². The lowest BCUT2D eigenvalue weighted by Gasteiger charge is -2.26. The fourth-order valence-corrected chi connectivity index (χ4v) is 1.89. The van der Waals surface area contributed by atoms with Crippen molar-refractivity contribution in [2.24, 2.45) is 5.73 Å². The molecule has 0 spiro atoms. The van der Waals surface area contributed by atoms with Crippen molar-refractivity contribution < 1.29 is 0 Å². The highest BCUT2D eigenvalue weighted by Crippen LogP contribution is 2.26. The van der Waals surface area contributed by atoms with Crippen LogP contribution >= 0.6 is 0 Å². The minimum absolute atomic E-state index is 0.435. The zero-order chi connectivity index (χ0) is 8.39. The van der Waals surface area contributed by atoms with E-state index in [0.29, 0.717) is 12.1 Å². The lowest BCUT2D eigenvalue weighted by Crippen LogP contribution is -2.27. The molecule has 3 heteroatoms. The highest BCUT2D eigenvalue weighted by molar-refractivity contribution is 4.84. The average molecular weight is 165 g/mol. The molecule has 0 bridgehead atoms. The van der Waals surface area contributed by atoms with Crippen molar-refractivity contribution in [2.45, 2.75) is 37.8 Å². The lowest BCUT2D eigenvalue weighted by atomic mass is 9.92. The molecule has 66 valence electrons. The van der Waals surface area contributed by atoms with Gasteiger partial charge in [-0.05, 0) is 25.7 Å². The van der Waals surface area contributed by atoms with Crippen LogP contribution in [-0.2, 0) is 0 Å². The third kappa shape index (κ3) is 1.50. The second-order valence-electron chi connectivity index (χ2n) is 3.58. The van der Waals surface area contributed by atoms with Gasteiger partial charge >= 0.3 is 0 Å². The first kappa shape index (κ1) is 7.80. The predicted octanol–water partition coefficient (Wildman–Crippen LogP) is 1.33. The quantitative estimate of drug-likeness (QED) is 0.682. The molecule has 1 aromatic rings. The highest BCUT2D eigenvalue weighted by atomic mass is 15.0. The van der Waals surface area contributed by atoms with Crippen molar-refractivity contribution >= 4 is 0 Å². The maximum Gasteiger partial charge on any atom is 0.0948 e. The van der Waals surface area contributed by atoms with Crippen LogP contribution in [0.25, 0.3) is 0 Å². The number of nitrogens with two attached hydrogens (primary N) is 1. The molecule has 2 rings (SSSR count). The molecule has 1 heterocycles. The van der Waals surface area contributed by atoms with Gasteiger partial charge in [-0.1, -0.05) is 0 Å². The van der Waals surface area contributed by atoms with Gasteiger partial charge in [-0.3, -0.25) is 0 Å². The number of nitrogens with zero attached hydrogens (tertiary/aromatic N) is 2. The SMILES string of the molecule is NC1CCC(n2ccnc2)CC1. The molecule has 1 aromatic heterocycles. The molecule has 1 aliphatic carbocycles. The summed E-state index contributed by atoms with van der Waals surface area (Å²) in [7, 11) is 0. The van der Waals surface area contributed by atoms with Crippen LogP contribution < -0.4 is 5.73 Å². The fourth-order valence-electron chi connectivity index (χ4n) is 1.89. The van der Waals surface area contributed by atoms with Gasteiger partial charge in [0, 0.05) is 24.5 Å². The smallest absolute Gasteiger partial charge is 0.0948 e. The molecule has 0 amide bonds. The van der Waals surface area contributed by atoms with Crippen molar-refractivity contribution in [3.63, 3.8) is 0 Å². The van der Waals surface area contributed by atoms with Crippen LogP contribution in [-0.4, -0.2) is 15.6 Å². The van der Waals surface area contributed by atoms with E-state index < -0.39 is 0 Å². The molecular weight excluding hydrogens is 150 g/mol. The van der Waals surface area contributed by atoms with E-state index in [4.69, 9.17) is 5.73 Å². The van der Waals surface area contributed by atoms with Crippen molar-refractivity contribution in [1.29, 1.82) is 0 Å². The average Bonchev–Trinajstić information content (AvgIpc) is 2.58. The maximum absolute atomic E-state index is 5.83. The molecular formula is C9H15N3. The van der Waals surface area contributed by atoms with Gasteiger partial charge < -0.3 is 10.3 Å². The second-order valence-corrected chi connectivity index (χ2v) is 3.58. The molecule has 1 aliphatic rings. The van der Waals surface area contributed by atoms with Crippen LogP contribution in [0.5, 0.6) is 0 Å². The summed E-state index contributed by atoms with van der Waals surface area (Å²) < 4.78 is 2.20. The Morgan fingerprint density at radius 2 is 2.00 bits per heavy atom. The normalized spacial score (nSPS) is 30.4. The van der Waals surface area contributed by atoms with Gasteiger partial charge in [0.25, 0.3) is 0 Å². The van der Waals surface area contributed by atoms with E-state index >= 15 is 0 Å². The number of hydrogen-bond acceptors (Lipinski definition) is 2. The molecule has 3 nitrogen and oxygen atoms in total. The first-order chi connectivity index (χ1) is 5.86. The first-order valence-electron chi connectivity index (χ1n) is 4.59. The van der Waals surface area contributed by atoms with Gasteiger partial charge in [-0.25, -0.2) is 4.98 Å². The number of hydrogen-bond donors (Lipinski definition) is 1. The van der Waals surface area contributed by atoms with Crippen molar-refractivity contribution in [3.8, 4) is 0 Å². The minimum Gasteiger partial charge on any atom is -0.334 e.